The molecule has 3 fully saturated rings. The lowest BCUT2D eigenvalue weighted by Crippen LogP contribution is -2.67. The minimum Gasteiger partial charge on any atom is -0.508 e. The Morgan fingerprint density at radius 1 is 0.609 bits per heavy atom. The van der Waals surface area contributed by atoms with Crippen LogP contribution in [0.5, 0.6) is 28.7 Å². The van der Waals surface area contributed by atoms with Gasteiger partial charge in [-0.2, -0.15) is 0 Å². The number of carbonyl (C=O) groups excluding carboxylic acids is 1. The van der Waals surface area contributed by atoms with Crippen molar-refractivity contribution in [3.63, 3.8) is 0 Å². The van der Waals surface area contributed by atoms with Crippen LogP contribution in [0.3, 0.4) is 0 Å². The van der Waals surface area contributed by atoms with Gasteiger partial charge in [-0.05, 0) is 48.0 Å². The highest BCUT2D eigenvalue weighted by atomic mass is 16.8. The van der Waals surface area contributed by atoms with E-state index in [1.807, 2.05) is 0 Å². The average Bonchev–Trinajstić information content (AvgIpc) is 3.27. The molecule has 0 aliphatic carbocycles. The number of phenolic OH excluding ortho intramolecular Hbond substituents is 4. The van der Waals surface area contributed by atoms with Crippen molar-refractivity contribution in [1.82, 2.24) is 0 Å². The Hall–Kier alpha value is -5.48. The van der Waals surface area contributed by atoms with Gasteiger partial charge in [-0.25, -0.2) is 4.79 Å². The number of phenols is 4. The van der Waals surface area contributed by atoms with Crippen LogP contribution in [-0.4, -0.2) is 178 Å². The Morgan fingerprint density at radius 2 is 1.16 bits per heavy atom. The van der Waals surface area contributed by atoms with Crippen LogP contribution in [0.4, 0.5) is 0 Å². The summed E-state index contributed by atoms with van der Waals surface area (Å²) in [4.78, 5) is 28.0. The number of hydrogen-bond acceptors (Lipinski definition) is 23. The van der Waals surface area contributed by atoms with Gasteiger partial charge in [0.05, 0.1) is 13.2 Å². The van der Waals surface area contributed by atoms with E-state index < -0.39 is 145 Å². The molecule has 0 saturated carbocycles. The van der Waals surface area contributed by atoms with Crippen LogP contribution < -0.4 is 10.2 Å². The van der Waals surface area contributed by atoms with Crippen molar-refractivity contribution in [2.45, 2.75) is 92.3 Å². The second kappa shape index (κ2) is 19.3. The molecule has 0 amide bonds. The fraction of sp³-hybridized carbons (Fsp3) is 0.415. The molecule has 64 heavy (non-hydrogen) atoms. The molecule has 3 aliphatic heterocycles. The molecule has 346 valence electrons. The third-order valence-electron chi connectivity index (χ3n) is 10.6. The fourth-order valence-electron chi connectivity index (χ4n) is 7.15. The van der Waals surface area contributed by atoms with Gasteiger partial charge in [0.25, 0.3) is 0 Å². The van der Waals surface area contributed by atoms with Crippen LogP contribution >= 0.6 is 0 Å². The zero-order valence-corrected chi connectivity index (χ0v) is 32.9. The van der Waals surface area contributed by atoms with Crippen molar-refractivity contribution < 1.29 is 109 Å². The van der Waals surface area contributed by atoms with Crippen molar-refractivity contribution in [3.05, 3.63) is 82.5 Å². The van der Waals surface area contributed by atoms with Crippen molar-refractivity contribution in [3.8, 4) is 40.1 Å². The molecule has 0 unspecified atom stereocenters. The Labute approximate surface area is 359 Å². The minimum absolute atomic E-state index is 0.0269. The summed E-state index contributed by atoms with van der Waals surface area (Å²) in [5.74, 6) is -4.11. The summed E-state index contributed by atoms with van der Waals surface area (Å²) in [5.41, 5.74) is -1.11. The zero-order valence-electron chi connectivity index (χ0n) is 32.9. The quantitative estimate of drug-likeness (QED) is 0.0509. The number of ether oxygens (including phenoxy) is 7. The molecule has 3 aromatic carbocycles. The van der Waals surface area contributed by atoms with Crippen LogP contribution in [0.25, 0.3) is 28.4 Å². The van der Waals surface area contributed by atoms with Crippen LogP contribution in [0.1, 0.15) is 5.56 Å². The first-order valence-electron chi connectivity index (χ1n) is 19.4. The van der Waals surface area contributed by atoms with E-state index in [1.54, 1.807) is 0 Å². The molecule has 23 heteroatoms. The molecule has 3 saturated heterocycles. The molecule has 0 radical (unpaired) electrons. The second-order valence-corrected chi connectivity index (χ2v) is 14.9. The first-order chi connectivity index (χ1) is 30.5. The molecule has 13 N–H and O–H groups in total. The predicted octanol–water partition coefficient (Wildman–Crippen LogP) is -2.67. The number of fused-ring (bicyclic) bond motifs is 1. The molecule has 4 heterocycles. The maximum Gasteiger partial charge on any atom is 0.331 e. The summed E-state index contributed by atoms with van der Waals surface area (Å²) in [5, 5.41) is 136. The van der Waals surface area contributed by atoms with Crippen LogP contribution in [0, 0.1) is 0 Å². The summed E-state index contributed by atoms with van der Waals surface area (Å²) >= 11 is 0. The molecule has 1 aromatic heterocycles. The third-order valence-corrected chi connectivity index (χ3v) is 10.6. The second-order valence-electron chi connectivity index (χ2n) is 14.9. The summed E-state index contributed by atoms with van der Waals surface area (Å²) in [6.45, 7) is -1.84. The molecule has 7 rings (SSSR count). The van der Waals surface area contributed by atoms with E-state index in [0.717, 1.165) is 18.2 Å². The highest BCUT2D eigenvalue weighted by Gasteiger charge is 2.56. The van der Waals surface area contributed by atoms with Gasteiger partial charge in [0.15, 0.2) is 30.7 Å². The Morgan fingerprint density at radius 3 is 1.73 bits per heavy atom. The van der Waals surface area contributed by atoms with E-state index >= 15 is 0 Å². The molecule has 15 atom stereocenters. The normalized spacial score (nSPS) is 33.3. The molecule has 0 spiro atoms. The van der Waals surface area contributed by atoms with Gasteiger partial charge < -0.3 is 104 Å². The van der Waals surface area contributed by atoms with Gasteiger partial charge in [0, 0.05) is 23.8 Å². The lowest BCUT2D eigenvalue weighted by atomic mass is 9.98. The van der Waals surface area contributed by atoms with Crippen LogP contribution in [0.15, 0.2) is 76.0 Å². The van der Waals surface area contributed by atoms with Crippen LogP contribution in [0.2, 0.25) is 0 Å². The van der Waals surface area contributed by atoms with Gasteiger partial charge in [0.2, 0.25) is 17.5 Å². The molecule has 4 aromatic rings. The molecule has 3 aliphatic rings. The van der Waals surface area contributed by atoms with Crippen molar-refractivity contribution in [2.24, 2.45) is 0 Å². The highest BCUT2D eigenvalue weighted by Crippen LogP contribution is 2.39. The van der Waals surface area contributed by atoms with E-state index in [1.165, 1.54) is 54.6 Å². The van der Waals surface area contributed by atoms with E-state index in [-0.39, 0.29) is 22.6 Å². The summed E-state index contributed by atoms with van der Waals surface area (Å²) in [7, 11) is 0. The fourth-order valence-corrected chi connectivity index (χ4v) is 7.15. The Kier molecular flexibility index (Phi) is 14.0. The number of aliphatic hydroxyl groups excluding tert-OH is 9. The zero-order chi connectivity index (χ0) is 46.1. The Bertz CT molecular complexity index is 2330. The number of benzene rings is 3. The summed E-state index contributed by atoms with van der Waals surface area (Å²) in [6.07, 6.45) is -28.3. The highest BCUT2D eigenvalue weighted by molar-refractivity contribution is 5.88. The Balaban J connectivity index is 1.36. The first-order valence-corrected chi connectivity index (χ1v) is 19.4. The van der Waals surface area contributed by atoms with Gasteiger partial charge in [0.1, 0.15) is 95.0 Å². The van der Waals surface area contributed by atoms with Gasteiger partial charge in [-0.3, -0.25) is 4.79 Å². The lowest BCUT2D eigenvalue weighted by molar-refractivity contribution is -0.406. The van der Waals surface area contributed by atoms with Crippen molar-refractivity contribution in [1.29, 1.82) is 0 Å². The van der Waals surface area contributed by atoms with Crippen LogP contribution in [-0.2, 0) is 33.2 Å². The molecule has 0 bridgehead atoms. The number of aromatic hydroxyl groups is 4. The first kappa shape index (κ1) is 46.5. The molecular formula is C41H44O23. The molecular weight excluding hydrogens is 860 g/mol. The SMILES string of the molecule is O=C(/C=C/c1ccc(O)cc1)O[C@H]1[C@H](Oc2c(-c3ccc(O)cc3)oc3cc(O)cc(O)c3c2=O)O[C@H](O[C@@H]2O[C@H](CO)[C@H](O)[C@@H](O)[C@H]2O)[C@@H](O)[C@@H]1O[C@@H]1O[C@H](CO)[C@@H](O)[C@H](O)[C@H]1O. The number of carbonyl (C=O) groups is 1. The topological polar surface area (TPSA) is 375 Å². The minimum atomic E-state index is -2.30. The average molecular weight is 905 g/mol. The maximum atomic E-state index is 14.4. The largest absolute Gasteiger partial charge is 0.508 e. The van der Waals surface area contributed by atoms with E-state index in [2.05, 4.69) is 0 Å². The van der Waals surface area contributed by atoms with E-state index in [9.17, 15) is 76.0 Å². The summed E-state index contributed by atoms with van der Waals surface area (Å²) in [6, 6.07) is 12.3. The lowest BCUT2D eigenvalue weighted by Gasteiger charge is -2.48. The van der Waals surface area contributed by atoms with Crippen molar-refractivity contribution >= 4 is 23.0 Å². The van der Waals surface area contributed by atoms with Crippen molar-refractivity contribution in [2.75, 3.05) is 13.2 Å². The standard InChI is InChI=1S/C41H44O23/c42-13-22-26(49)29(52)31(54)38(58-22)61-36-33(56)40(63-39-32(55)30(53)27(50)23(14-43)59-39)64-41(37(36)60-24(48)10-3-15-1-6-17(44)7-2-15)62-35-28(51)25-20(47)11-19(46)12-21(25)57-34(35)16-4-8-18(45)9-5-16/h1-12,22-23,26-27,29-33,36-47,49-50,52-56H,13-14H2/b10-3+/t22-,23-,26-,27+,29+,30-,31-,32-,33+,36+,37-,38+,39+,40+,41-/m1/s1. The molecule has 23 nitrogen and oxygen atoms in total. The summed E-state index contributed by atoms with van der Waals surface area (Å²) < 4.78 is 46.5. The smallest absolute Gasteiger partial charge is 0.331 e. The number of esters is 1. The third kappa shape index (κ3) is 9.49. The van der Waals surface area contributed by atoms with Gasteiger partial charge in [-0.15, -0.1) is 0 Å². The monoisotopic (exact) mass is 904 g/mol. The number of aliphatic hydroxyl groups is 9. The number of rotatable bonds is 12. The predicted molar refractivity (Wildman–Crippen MR) is 209 cm³/mol. The maximum absolute atomic E-state index is 14.4. The van der Waals surface area contributed by atoms with Gasteiger partial charge in [-0.1, -0.05) is 12.1 Å². The van der Waals surface area contributed by atoms with Gasteiger partial charge >= 0.3 is 5.97 Å². The number of hydrogen-bond donors (Lipinski definition) is 13. The van der Waals surface area contributed by atoms with E-state index in [0.29, 0.717) is 5.56 Å². The van der Waals surface area contributed by atoms with E-state index in [4.69, 9.17) is 37.6 Å².